The number of rotatable bonds is 4. The lowest BCUT2D eigenvalue weighted by Crippen LogP contribution is -2.22. The van der Waals surface area contributed by atoms with Crippen LogP contribution in [0.25, 0.3) is 16.7 Å². The Labute approximate surface area is 177 Å². The van der Waals surface area contributed by atoms with E-state index in [0.717, 1.165) is 11.0 Å². The van der Waals surface area contributed by atoms with Crippen molar-refractivity contribution in [3.8, 4) is 5.75 Å². The van der Waals surface area contributed by atoms with Crippen LogP contribution in [0.5, 0.6) is 5.75 Å². The number of thioether (sulfide) groups is 1. The van der Waals surface area contributed by atoms with Crippen molar-refractivity contribution in [2.75, 3.05) is 7.11 Å². The fourth-order valence-corrected chi connectivity index (χ4v) is 4.85. The number of carbonyl (C=O) groups excluding carboxylic acids is 1. The zero-order valence-corrected chi connectivity index (χ0v) is 17.0. The van der Waals surface area contributed by atoms with Crippen LogP contribution in [-0.2, 0) is 4.93 Å². The number of hydrogen-bond acceptors (Lipinski definition) is 5. The van der Waals surface area contributed by atoms with Gasteiger partial charge in [0.25, 0.3) is 0 Å². The van der Waals surface area contributed by atoms with E-state index in [2.05, 4.69) is 4.98 Å². The molecule has 1 N–H and O–H groups in total. The van der Waals surface area contributed by atoms with Gasteiger partial charge >= 0.3 is 0 Å². The molecule has 0 radical (unpaired) electrons. The van der Waals surface area contributed by atoms with E-state index in [1.807, 2.05) is 71.3 Å². The topological polar surface area (TPSA) is 64.4 Å². The zero-order chi connectivity index (χ0) is 20.7. The average molecular weight is 414 g/mol. The van der Waals surface area contributed by atoms with E-state index in [0.29, 0.717) is 27.7 Å². The summed E-state index contributed by atoms with van der Waals surface area (Å²) in [6, 6.07) is 23.9. The summed E-state index contributed by atoms with van der Waals surface area (Å²) in [4.78, 5) is 16.3. The second-order valence-corrected chi connectivity index (χ2v) is 8.12. The molecule has 2 heterocycles. The highest BCUT2D eigenvalue weighted by atomic mass is 32.2. The van der Waals surface area contributed by atoms with Crippen molar-refractivity contribution in [3.05, 3.63) is 96.1 Å². The smallest absolute Gasteiger partial charge is 0.187 e. The van der Waals surface area contributed by atoms with Crippen molar-refractivity contribution in [3.63, 3.8) is 0 Å². The molecule has 5 nitrogen and oxygen atoms in total. The summed E-state index contributed by atoms with van der Waals surface area (Å²) in [6.45, 7) is 0. The monoisotopic (exact) mass is 414 g/mol. The first-order valence-corrected chi connectivity index (χ1v) is 10.3. The molecule has 0 saturated carbocycles. The molecule has 148 valence electrons. The molecule has 5 rings (SSSR count). The minimum atomic E-state index is -1.44. The van der Waals surface area contributed by atoms with Gasteiger partial charge in [0.15, 0.2) is 15.9 Å². The summed E-state index contributed by atoms with van der Waals surface area (Å²) in [5.41, 5.74) is 3.24. The Morgan fingerprint density at radius 3 is 2.47 bits per heavy atom. The molecule has 0 fully saturated rings. The quantitative estimate of drug-likeness (QED) is 0.387. The van der Waals surface area contributed by atoms with Crippen LogP contribution in [0.15, 0.2) is 90.1 Å². The molecule has 30 heavy (non-hydrogen) atoms. The molecule has 0 bridgehead atoms. The van der Waals surface area contributed by atoms with E-state index < -0.39 is 4.93 Å². The van der Waals surface area contributed by atoms with Crippen LogP contribution in [0.3, 0.4) is 0 Å². The van der Waals surface area contributed by atoms with E-state index in [4.69, 9.17) is 4.74 Å². The van der Waals surface area contributed by atoms with Crippen molar-refractivity contribution in [1.82, 2.24) is 9.55 Å². The third-order valence-corrected chi connectivity index (χ3v) is 6.35. The largest absolute Gasteiger partial charge is 0.497 e. The molecule has 0 amide bonds. The van der Waals surface area contributed by atoms with Crippen molar-refractivity contribution in [2.24, 2.45) is 0 Å². The van der Waals surface area contributed by atoms with Gasteiger partial charge in [0.05, 0.1) is 23.8 Å². The fourth-order valence-electron chi connectivity index (χ4n) is 3.64. The van der Waals surface area contributed by atoms with Gasteiger partial charge in [-0.15, -0.1) is 0 Å². The molecule has 1 aliphatic rings. The molecule has 1 aliphatic heterocycles. The lowest BCUT2D eigenvalue weighted by molar-refractivity contribution is 0.104. The van der Waals surface area contributed by atoms with Crippen LogP contribution in [0.2, 0.25) is 0 Å². The number of aliphatic hydroxyl groups is 1. The van der Waals surface area contributed by atoms with E-state index in [1.54, 1.807) is 19.2 Å². The number of methoxy groups -OCH3 is 1. The molecule has 0 saturated heterocycles. The van der Waals surface area contributed by atoms with Crippen LogP contribution in [0.1, 0.15) is 15.9 Å². The Bertz CT molecular complexity index is 1280. The lowest BCUT2D eigenvalue weighted by Gasteiger charge is -2.24. The van der Waals surface area contributed by atoms with Gasteiger partial charge in [-0.05, 0) is 23.9 Å². The second kappa shape index (κ2) is 7.16. The second-order valence-electron chi connectivity index (χ2n) is 6.96. The Kier molecular flexibility index (Phi) is 4.46. The van der Waals surface area contributed by atoms with Crippen LogP contribution < -0.4 is 4.74 Å². The summed E-state index contributed by atoms with van der Waals surface area (Å²) < 4.78 is 7.22. The number of allylic oxidation sites excluding steroid dienone is 1. The number of fused-ring (bicyclic) bond motifs is 3. The summed E-state index contributed by atoms with van der Waals surface area (Å²) in [5.74, 6) is 0.497. The Hall–Kier alpha value is -3.35. The number of imidazole rings is 1. The molecule has 3 aromatic carbocycles. The van der Waals surface area contributed by atoms with Gasteiger partial charge in [-0.1, -0.05) is 60.7 Å². The third-order valence-electron chi connectivity index (χ3n) is 5.15. The number of carbonyl (C=O) groups is 1. The highest BCUT2D eigenvalue weighted by Crippen LogP contribution is 2.54. The number of nitrogens with zero attached hydrogens (tertiary/aromatic N) is 2. The standard InChI is InChI=1S/C24H18N2O3S/c1-29-18-12-13-19-20(14-18)26-22(15-21(27)16-8-4-2-5-9-16)24(28,30-23(26)25-19)17-10-6-3-7-11-17/h2-15,28H,1H3/b22-15+. The van der Waals surface area contributed by atoms with Crippen LogP contribution in [0.4, 0.5) is 0 Å². The number of ether oxygens (including phenoxy) is 1. The third kappa shape index (κ3) is 2.93. The highest BCUT2D eigenvalue weighted by molar-refractivity contribution is 8.00. The molecular weight excluding hydrogens is 396 g/mol. The maximum Gasteiger partial charge on any atom is 0.187 e. The molecule has 1 aromatic heterocycles. The van der Waals surface area contributed by atoms with Crippen LogP contribution in [0, 0.1) is 0 Å². The van der Waals surface area contributed by atoms with E-state index in [9.17, 15) is 9.90 Å². The number of benzene rings is 3. The summed E-state index contributed by atoms with van der Waals surface area (Å²) in [7, 11) is 1.60. The Morgan fingerprint density at radius 2 is 1.77 bits per heavy atom. The Morgan fingerprint density at radius 1 is 1.07 bits per heavy atom. The molecule has 1 atom stereocenters. The predicted molar refractivity (Wildman–Crippen MR) is 118 cm³/mol. The van der Waals surface area contributed by atoms with Gasteiger partial charge in [0, 0.05) is 23.3 Å². The summed E-state index contributed by atoms with van der Waals surface area (Å²) in [5, 5.41) is 12.4. The van der Waals surface area contributed by atoms with E-state index >= 15 is 0 Å². The highest BCUT2D eigenvalue weighted by Gasteiger charge is 2.45. The first kappa shape index (κ1) is 18.7. The minimum absolute atomic E-state index is 0.182. The van der Waals surface area contributed by atoms with Gasteiger partial charge in [0.2, 0.25) is 0 Å². The first-order valence-electron chi connectivity index (χ1n) is 9.45. The molecule has 4 aromatic rings. The van der Waals surface area contributed by atoms with Crippen molar-refractivity contribution < 1.29 is 14.6 Å². The van der Waals surface area contributed by atoms with Crippen molar-refractivity contribution in [1.29, 1.82) is 0 Å². The molecule has 6 heteroatoms. The molecule has 0 spiro atoms. The van der Waals surface area contributed by atoms with Crippen LogP contribution in [-0.4, -0.2) is 27.6 Å². The molecule has 0 aliphatic carbocycles. The fraction of sp³-hybridized carbons (Fsp3) is 0.0833. The van der Waals surface area contributed by atoms with Gasteiger partial charge in [0.1, 0.15) is 5.75 Å². The maximum absolute atomic E-state index is 13.1. The van der Waals surface area contributed by atoms with Crippen molar-refractivity contribution >= 4 is 34.3 Å². The SMILES string of the molecule is COc1ccc2nc3n(c2c1)/C(=C/C(=O)c1ccccc1)C(O)(c1ccccc1)S3. The average Bonchev–Trinajstić information content (AvgIpc) is 3.27. The zero-order valence-electron chi connectivity index (χ0n) is 16.1. The number of ketones is 1. The number of hydrogen-bond donors (Lipinski definition) is 1. The molecular formula is C24H18N2O3S. The maximum atomic E-state index is 13.1. The summed E-state index contributed by atoms with van der Waals surface area (Å²) in [6.07, 6.45) is 1.51. The van der Waals surface area contributed by atoms with Gasteiger partial charge in [-0.25, -0.2) is 4.98 Å². The van der Waals surface area contributed by atoms with Crippen LogP contribution >= 0.6 is 11.8 Å². The van der Waals surface area contributed by atoms with Gasteiger partial charge < -0.3 is 9.84 Å². The summed E-state index contributed by atoms with van der Waals surface area (Å²) >= 11 is 1.22. The lowest BCUT2D eigenvalue weighted by atomic mass is 10.0. The van der Waals surface area contributed by atoms with E-state index in [1.165, 1.54) is 17.8 Å². The normalized spacial score (nSPS) is 19.2. The minimum Gasteiger partial charge on any atom is -0.497 e. The Balaban J connectivity index is 1.74. The predicted octanol–water partition coefficient (Wildman–Crippen LogP) is 4.72. The van der Waals surface area contributed by atoms with E-state index in [-0.39, 0.29) is 5.78 Å². The van der Waals surface area contributed by atoms with Gasteiger partial charge in [-0.2, -0.15) is 0 Å². The van der Waals surface area contributed by atoms with Crippen molar-refractivity contribution in [2.45, 2.75) is 10.1 Å². The molecule has 1 unspecified atom stereocenters. The first-order chi connectivity index (χ1) is 14.6. The van der Waals surface area contributed by atoms with Gasteiger partial charge in [-0.3, -0.25) is 9.36 Å². The number of aromatic nitrogens is 2.